The van der Waals surface area contributed by atoms with Crippen LogP contribution in [-0.4, -0.2) is 30.7 Å². The van der Waals surface area contributed by atoms with Gasteiger partial charge < -0.3 is 20.3 Å². The van der Waals surface area contributed by atoms with E-state index in [2.05, 4.69) is 36.4 Å². The molecule has 0 spiro atoms. The third-order valence-electron chi connectivity index (χ3n) is 5.28. The first kappa shape index (κ1) is 19.1. The van der Waals surface area contributed by atoms with Gasteiger partial charge in [0, 0.05) is 47.9 Å². The van der Waals surface area contributed by atoms with Gasteiger partial charge in [0.25, 0.3) is 0 Å². The minimum absolute atomic E-state index is 0.0586. The molecule has 1 saturated heterocycles. The number of carbonyl (C=O) groups is 1. The molecule has 1 aromatic heterocycles. The molecule has 1 aromatic carbocycles. The second-order valence-electron chi connectivity index (χ2n) is 7.23. The van der Waals surface area contributed by atoms with Gasteiger partial charge in [-0.1, -0.05) is 22.0 Å². The molecule has 1 atom stereocenters. The molecule has 2 amide bonds. The van der Waals surface area contributed by atoms with Crippen LogP contribution in [0, 0.1) is 0 Å². The summed E-state index contributed by atoms with van der Waals surface area (Å²) in [6, 6.07) is 9.63. The number of fused-ring (bicyclic) bond motifs is 1. The average Bonchev–Trinajstić information content (AvgIpc) is 2.73. The van der Waals surface area contributed by atoms with E-state index in [4.69, 9.17) is 4.74 Å². The van der Waals surface area contributed by atoms with Crippen molar-refractivity contribution in [3.63, 3.8) is 0 Å². The fraction of sp³-hybridized carbons (Fsp3) is 0.429. The van der Waals surface area contributed by atoms with Gasteiger partial charge in [-0.3, -0.25) is 0 Å². The summed E-state index contributed by atoms with van der Waals surface area (Å²) in [7, 11) is 0. The zero-order valence-electron chi connectivity index (χ0n) is 15.8. The monoisotopic (exact) mass is 444 g/mol. The molecule has 3 heterocycles. The summed E-state index contributed by atoms with van der Waals surface area (Å²) in [4.78, 5) is 19.5. The standard InChI is InChI=1S/C21H25BrN4O2/c22-16-6-7-19-17(13-16)18(8-12-28-19)25-21(27)24-14-15-5-4-9-23-20(15)26-10-2-1-3-11-26/h4-7,9,13,18H,1-3,8,10-12,14H2,(H2,24,25,27). The summed E-state index contributed by atoms with van der Waals surface area (Å²) in [5.41, 5.74) is 2.06. The fourth-order valence-corrected chi connectivity index (χ4v) is 4.24. The third-order valence-corrected chi connectivity index (χ3v) is 5.77. The normalized spacial score (nSPS) is 18.8. The Bertz CT molecular complexity index is 839. The van der Waals surface area contributed by atoms with Gasteiger partial charge in [0.05, 0.1) is 12.6 Å². The molecule has 0 aliphatic carbocycles. The Balaban J connectivity index is 1.39. The zero-order chi connectivity index (χ0) is 19.3. The van der Waals surface area contributed by atoms with Gasteiger partial charge >= 0.3 is 6.03 Å². The Morgan fingerprint density at radius 1 is 1.25 bits per heavy atom. The largest absolute Gasteiger partial charge is 0.493 e. The molecule has 1 fully saturated rings. The first-order valence-corrected chi connectivity index (χ1v) is 10.7. The van der Waals surface area contributed by atoms with Crippen LogP contribution < -0.4 is 20.3 Å². The van der Waals surface area contributed by atoms with E-state index in [1.54, 1.807) is 0 Å². The summed E-state index contributed by atoms with van der Waals surface area (Å²) in [5, 5.41) is 6.09. The maximum atomic E-state index is 12.6. The highest BCUT2D eigenvalue weighted by Gasteiger charge is 2.23. The number of anilines is 1. The first-order valence-electron chi connectivity index (χ1n) is 9.86. The van der Waals surface area contributed by atoms with E-state index in [0.29, 0.717) is 13.2 Å². The second-order valence-corrected chi connectivity index (χ2v) is 8.15. The van der Waals surface area contributed by atoms with E-state index in [0.717, 1.165) is 46.7 Å². The molecule has 2 aliphatic rings. The molecule has 2 aliphatic heterocycles. The van der Waals surface area contributed by atoms with Crippen molar-refractivity contribution < 1.29 is 9.53 Å². The molecule has 6 nitrogen and oxygen atoms in total. The minimum atomic E-state index is -0.175. The average molecular weight is 445 g/mol. The number of pyridine rings is 1. The van der Waals surface area contributed by atoms with E-state index in [-0.39, 0.29) is 12.1 Å². The topological polar surface area (TPSA) is 66.5 Å². The van der Waals surface area contributed by atoms with Crippen molar-refractivity contribution >= 4 is 27.8 Å². The number of amides is 2. The Kier molecular flexibility index (Phi) is 6.00. The van der Waals surface area contributed by atoms with Gasteiger partial charge in [-0.2, -0.15) is 0 Å². The van der Waals surface area contributed by atoms with E-state index < -0.39 is 0 Å². The molecule has 0 radical (unpaired) electrons. The molecule has 0 saturated carbocycles. The fourth-order valence-electron chi connectivity index (χ4n) is 3.86. The number of carbonyl (C=O) groups excluding carboxylic acids is 1. The molecule has 2 aromatic rings. The van der Waals surface area contributed by atoms with E-state index in [1.807, 2.05) is 36.5 Å². The molecule has 4 rings (SSSR count). The summed E-state index contributed by atoms with van der Waals surface area (Å²) >= 11 is 3.50. The van der Waals surface area contributed by atoms with Crippen molar-refractivity contribution in [1.82, 2.24) is 15.6 Å². The quantitative estimate of drug-likeness (QED) is 0.742. The minimum Gasteiger partial charge on any atom is -0.493 e. The Morgan fingerprint density at radius 2 is 2.11 bits per heavy atom. The van der Waals surface area contributed by atoms with Crippen molar-refractivity contribution in [2.24, 2.45) is 0 Å². The molecule has 28 heavy (non-hydrogen) atoms. The first-order chi connectivity index (χ1) is 13.7. The number of nitrogens with zero attached hydrogens (tertiary/aromatic N) is 2. The van der Waals surface area contributed by atoms with Crippen LogP contribution in [0.2, 0.25) is 0 Å². The number of ether oxygens (including phenoxy) is 1. The maximum Gasteiger partial charge on any atom is 0.315 e. The van der Waals surface area contributed by atoms with E-state index in [1.165, 1.54) is 19.3 Å². The lowest BCUT2D eigenvalue weighted by molar-refractivity contribution is 0.223. The predicted molar refractivity (Wildman–Crippen MR) is 113 cm³/mol. The number of piperidine rings is 1. The number of rotatable bonds is 4. The number of halogens is 1. The number of urea groups is 1. The Hall–Kier alpha value is -2.28. The van der Waals surface area contributed by atoms with Gasteiger partial charge in [-0.15, -0.1) is 0 Å². The molecule has 1 unspecified atom stereocenters. The van der Waals surface area contributed by atoms with Crippen LogP contribution in [0.4, 0.5) is 10.6 Å². The van der Waals surface area contributed by atoms with Gasteiger partial charge in [-0.25, -0.2) is 9.78 Å². The lowest BCUT2D eigenvalue weighted by Gasteiger charge is -2.29. The lowest BCUT2D eigenvalue weighted by Crippen LogP contribution is -2.39. The van der Waals surface area contributed by atoms with E-state index in [9.17, 15) is 4.79 Å². The number of hydrogen-bond acceptors (Lipinski definition) is 4. The smallest absolute Gasteiger partial charge is 0.315 e. The third kappa shape index (κ3) is 4.41. The van der Waals surface area contributed by atoms with Crippen molar-refractivity contribution in [3.05, 3.63) is 52.1 Å². The van der Waals surface area contributed by atoms with Crippen LogP contribution >= 0.6 is 15.9 Å². The second kappa shape index (κ2) is 8.82. The number of nitrogens with one attached hydrogen (secondary N) is 2. The van der Waals surface area contributed by atoms with Crippen LogP contribution in [0.15, 0.2) is 41.0 Å². The highest BCUT2D eigenvalue weighted by molar-refractivity contribution is 9.10. The summed E-state index contributed by atoms with van der Waals surface area (Å²) < 4.78 is 6.67. The van der Waals surface area contributed by atoms with Crippen molar-refractivity contribution in [3.8, 4) is 5.75 Å². The SMILES string of the molecule is O=C(NCc1cccnc1N1CCCCC1)NC1CCOc2ccc(Br)cc21. The van der Waals surface area contributed by atoms with Crippen LogP contribution in [-0.2, 0) is 6.54 Å². The highest BCUT2D eigenvalue weighted by Crippen LogP contribution is 2.34. The van der Waals surface area contributed by atoms with Crippen LogP contribution in [0.5, 0.6) is 5.75 Å². The van der Waals surface area contributed by atoms with E-state index >= 15 is 0 Å². The molecule has 2 N–H and O–H groups in total. The van der Waals surface area contributed by atoms with Gasteiger partial charge in [-0.05, 0) is 43.5 Å². The van der Waals surface area contributed by atoms with Crippen LogP contribution in [0.3, 0.4) is 0 Å². The van der Waals surface area contributed by atoms with Crippen molar-refractivity contribution in [2.75, 3.05) is 24.6 Å². The lowest BCUT2D eigenvalue weighted by atomic mass is 10.0. The van der Waals surface area contributed by atoms with Gasteiger partial charge in [0.15, 0.2) is 0 Å². The Morgan fingerprint density at radius 3 is 2.96 bits per heavy atom. The molecule has 148 valence electrons. The van der Waals surface area contributed by atoms with Crippen molar-refractivity contribution in [2.45, 2.75) is 38.3 Å². The number of aromatic nitrogens is 1. The molecular formula is C21H25BrN4O2. The van der Waals surface area contributed by atoms with Crippen LogP contribution in [0.25, 0.3) is 0 Å². The molecule has 7 heteroatoms. The summed E-state index contributed by atoms with van der Waals surface area (Å²) in [6.07, 6.45) is 6.25. The highest BCUT2D eigenvalue weighted by atomic mass is 79.9. The zero-order valence-corrected chi connectivity index (χ0v) is 17.4. The number of hydrogen-bond donors (Lipinski definition) is 2. The summed E-state index contributed by atoms with van der Waals surface area (Å²) in [6.45, 7) is 3.12. The van der Waals surface area contributed by atoms with Crippen molar-refractivity contribution in [1.29, 1.82) is 0 Å². The summed E-state index contributed by atoms with van der Waals surface area (Å²) in [5.74, 6) is 1.82. The maximum absolute atomic E-state index is 12.6. The molecular weight excluding hydrogens is 420 g/mol. The molecule has 0 bridgehead atoms. The number of benzene rings is 1. The van der Waals surface area contributed by atoms with Gasteiger partial charge in [0.1, 0.15) is 11.6 Å². The Labute approximate surface area is 173 Å². The van der Waals surface area contributed by atoms with Gasteiger partial charge in [0.2, 0.25) is 0 Å². The predicted octanol–water partition coefficient (Wildman–Crippen LogP) is 4.16. The van der Waals surface area contributed by atoms with Crippen LogP contribution in [0.1, 0.15) is 42.9 Å².